The minimum absolute atomic E-state index is 0.00698. The van der Waals surface area contributed by atoms with E-state index < -0.39 is 0 Å². The van der Waals surface area contributed by atoms with E-state index in [-0.39, 0.29) is 17.9 Å². The number of rotatable bonds is 5. The molecule has 1 aromatic rings. The van der Waals surface area contributed by atoms with Gasteiger partial charge in [0.15, 0.2) is 0 Å². The lowest BCUT2D eigenvalue weighted by molar-refractivity contribution is -0.121. The molecule has 0 radical (unpaired) electrons. The van der Waals surface area contributed by atoms with E-state index in [2.05, 4.69) is 29.4 Å². The number of hydrogen-bond acceptors (Lipinski definition) is 5. The van der Waals surface area contributed by atoms with Gasteiger partial charge in [0.25, 0.3) is 0 Å². The number of anilines is 1. The molecule has 8 heteroatoms. The van der Waals surface area contributed by atoms with Crippen LogP contribution in [-0.2, 0) is 4.79 Å². The largest absolute Gasteiger partial charge is 0.331 e. The van der Waals surface area contributed by atoms with Crippen LogP contribution in [0.4, 0.5) is 9.93 Å². The molecule has 1 saturated heterocycles. The SMILES string of the molecule is CCCC(C)c1nnc(NC(=O)C2CCN(C(=O)N(C)C)CC2)s1. The first kappa shape index (κ1) is 18.6. The van der Waals surface area contributed by atoms with Crippen molar-refractivity contribution in [3.63, 3.8) is 0 Å². The Morgan fingerprint density at radius 1 is 1.33 bits per heavy atom. The van der Waals surface area contributed by atoms with E-state index in [4.69, 9.17) is 0 Å². The maximum atomic E-state index is 12.4. The number of hydrogen-bond donors (Lipinski definition) is 1. The minimum Gasteiger partial charge on any atom is -0.331 e. The molecule has 1 aliphatic rings. The first-order valence-corrected chi connectivity index (χ1v) is 9.34. The van der Waals surface area contributed by atoms with Gasteiger partial charge in [-0.15, -0.1) is 10.2 Å². The molecule has 0 bridgehead atoms. The number of nitrogens with one attached hydrogen (secondary N) is 1. The van der Waals surface area contributed by atoms with Crippen molar-refractivity contribution in [2.75, 3.05) is 32.5 Å². The molecule has 1 N–H and O–H groups in total. The van der Waals surface area contributed by atoms with E-state index in [0.717, 1.165) is 17.8 Å². The zero-order chi connectivity index (χ0) is 17.7. The third kappa shape index (κ3) is 4.66. The van der Waals surface area contributed by atoms with Crippen LogP contribution in [-0.4, -0.2) is 59.1 Å². The Hall–Kier alpha value is -1.70. The van der Waals surface area contributed by atoms with Crippen molar-refractivity contribution in [1.29, 1.82) is 0 Å². The first-order valence-electron chi connectivity index (χ1n) is 8.52. The number of aromatic nitrogens is 2. The quantitative estimate of drug-likeness (QED) is 0.883. The second-order valence-electron chi connectivity index (χ2n) is 6.56. The number of piperidine rings is 1. The van der Waals surface area contributed by atoms with Gasteiger partial charge in [-0.3, -0.25) is 4.79 Å². The lowest BCUT2D eigenvalue weighted by Gasteiger charge is -2.32. The van der Waals surface area contributed by atoms with Crippen molar-refractivity contribution in [3.8, 4) is 0 Å². The van der Waals surface area contributed by atoms with Crippen molar-refractivity contribution in [2.24, 2.45) is 5.92 Å². The van der Waals surface area contributed by atoms with Crippen LogP contribution in [0.3, 0.4) is 0 Å². The topological polar surface area (TPSA) is 78.4 Å². The number of likely N-dealkylation sites (tertiary alicyclic amines) is 1. The number of urea groups is 1. The maximum Gasteiger partial charge on any atom is 0.319 e. The van der Waals surface area contributed by atoms with Gasteiger partial charge >= 0.3 is 6.03 Å². The van der Waals surface area contributed by atoms with Gasteiger partial charge in [-0.1, -0.05) is 31.6 Å². The van der Waals surface area contributed by atoms with Crippen LogP contribution in [0.2, 0.25) is 0 Å². The molecule has 1 aliphatic heterocycles. The summed E-state index contributed by atoms with van der Waals surface area (Å²) in [6, 6.07) is 0.00698. The van der Waals surface area contributed by atoms with Gasteiger partial charge in [0.1, 0.15) is 5.01 Å². The van der Waals surface area contributed by atoms with Crippen molar-refractivity contribution >= 4 is 28.4 Å². The Balaban J connectivity index is 1.85. The van der Waals surface area contributed by atoms with Crippen LogP contribution in [0.5, 0.6) is 0 Å². The van der Waals surface area contributed by atoms with Crippen LogP contribution in [0, 0.1) is 5.92 Å². The van der Waals surface area contributed by atoms with E-state index in [1.165, 1.54) is 11.3 Å². The summed E-state index contributed by atoms with van der Waals surface area (Å²) in [5.74, 6) is 0.285. The summed E-state index contributed by atoms with van der Waals surface area (Å²) >= 11 is 1.46. The Morgan fingerprint density at radius 2 is 2.00 bits per heavy atom. The number of carbonyl (C=O) groups excluding carboxylic acids is 2. The van der Waals surface area contributed by atoms with Crippen molar-refractivity contribution in [1.82, 2.24) is 20.0 Å². The molecule has 3 amide bonds. The van der Waals surface area contributed by atoms with Crippen molar-refractivity contribution in [2.45, 2.75) is 45.4 Å². The fourth-order valence-electron chi connectivity index (χ4n) is 2.86. The summed E-state index contributed by atoms with van der Waals surface area (Å²) in [5.41, 5.74) is 0. The molecule has 0 spiro atoms. The zero-order valence-corrected chi connectivity index (χ0v) is 15.7. The van der Waals surface area contributed by atoms with E-state index in [1.807, 2.05) is 0 Å². The van der Waals surface area contributed by atoms with E-state index in [1.54, 1.807) is 23.9 Å². The Morgan fingerprint density at radius 3 is 2.58 bits per heavy atom. The van der Waals surface area contributed by atoms with Crippen LogP contribution in [0.25, 0.3) is 0 Å². The summed E-state index contributed by atoms with van der Waals surface area (Å²) in [7, 11) is 3.49. The maximum absolute atomic E-state index is 12.4. The smallest absolute Gasteiger partial charge is 0.319 e. The van der Waals surface area contributed by atoms with Crippen molar-refractivity contribution < 1.29 is 9.59 Å². The molecular formula is C16H27N5O2S. The van der Waals surface area contributed by atoms with E-state index >= 15 is 0 Å². The van der Waals surface area contributed by atoms with Crippen LogP contribution >= 0.6 is 11.3 Å². The van der Waals surface area contributed by atoms with Gasteiger partial charge in [0.2, 0.25) is 11.0 Å². The van der Waals surface area contributed by atoms with E-state index in [9.17, 15) is 9.59 Å². The fraction of sp³-hybridized carbons (Fsp3) is 0.750. The normalized spacial score (nSPS) is 16.8. The molecule has 24 heavy (non-hydrogen) atoms. The predicted molar refractivity (Wildman–Crippen MR) is 95.2 cm³/mol. The third-order valence-electron chi connectivity index (χ3n) is 4.33. The molecule has 7 nitrogen and oxygen atoms in total. The average Bonchev–Trinajstić information content (AvgIpc) is 3.03. The highest BCUT2D eigenvalue weighted by Crippen LogP contribution is 2.27. The van der Waals surface area contributed by atoms with Gasteiger partial charge in [-0.2, -0.15) is 0 Å². The van der Waals surface area contributed by atoms with E-state index in [0.29, 0.717) is 37.0 Å². The second kappa shape index (κ2) is 8.41. The summed E-state index contributed by atoms with van der Waals surface area (Å²) in [6.07, 6.45) is 3.54. The highest BCUT2D eigenvalue weighted by atomic mass is 32.1. The lowest BCUT2D eigenvalue weighted by Crippen LogP contribution is -2.45. The summed E-state index contributed by atoms with van der Waals surface area (Å²) in [6.45, 7) is 5.51. The standard InChI is InChI=1S/C16H27N5O2S/c1-5-6-11(2)14-18-19-15(24-14)17-13(22)12-7-9-21(10-8-12)16(23)20(3)4/h11-12H,5-10H2,1-4H3,(H,17,19,22). The minimum atomic E-state index is -0.0726. The Bertz CT molecular complexity index is 567. The summed E-state index contributed by atoms with van der Waals surface area (Å²) < 4.78 is 0. The zero-order valence-electron chi connectivity index (χ0n) is 14.9. The molecular weight excluding hydrogens is 326 g/mol. The third-order valence-corrected chi connectivity index (χ3v) is 5.40. The summed E-state index contributed by atoms with van der Waals surface area (Å²) in [5, 5.41) is 12.7. The van der Waals surface area contributed by atoms with Crippen LogP contribution in [0.1, 0.15) is 50.5 Å². The van der Waals surface area contributed by atoms with Crippen molar-refractivity contribution in [3.05, 3.63) is 5.01 Å². The monoisotopic (exact) mass is 353 g/mol. The molecule has 0 aromatic carbocycles. The van der Waals surface area contributed by atoms with Crippen LogP contribution in [0.15, 0.2) is 0 Å². The highest BCUT2D eigenvalue weighted by Gasteiger charge is 2.28. The summed E-state index contributed by atoms with van der Waals surface area (Å²) in [4.78, 5) is 27.7. The Labute approximate surface area is 147 Å². The van der Waals surface area contributed by atoms with Gasteiger partial charge in [-0.25, -0.2) is 4.79 Å². The predicted octanol–water partition coefficient (Wildman–Crippen LogP) is 2.77. The molecule has 1 unspecified atom stereocenters. The molecule has 2 rings (SSSR count). The number of carbonyl (C=O) groups is 2. The van der Waals surface area contributed by atoms with Gasteiger partial charge in [0.05, 0.1) is 0 Å². The molecule has 1 aromatic heterocycles. The number of amides is 3. The fourth-order valence-corrected chi connectivity index (χ4v) is 3.70. The molecule has 0 aliphatic carbocycles. The highest BCUT2D eigenvalue weighted by molar-refractivity contribution is 7.15. The molecule has 2 heterocycles. The second-order valence-corrected chi connectivity index (χ2v) is 7.57. The van der Waals surface area contributed by atoms with Gasteiger partial charge in [0, 0.05) is 39.0 Å². The van der Waals surface area contributed by atoms with Crippen LogP contribution < -0.4 is 5.32 Å². The molecule has 0 saturated carbocycles. The number of nitrogens with zero attached hydrogens (tertiary/aromatic N) is 4. The lowest BCUT2D eigenvalue weighted by atomic mass is 9.96. The first-order chi connectivity index (χ1) is 11.4. The van der Waals surface area contributed by atoms with Gasteiger partial charge < -0.3 is 15.1 Å². The average molecular weight is 353 g/mol. The Kier molecular flexibility index (Phi) is 6.53. The molecule has 134 valence electrons. The molecule has 1 fully saturated rings. The molecule has 1 atom stereocenters. The van der Waals surface area contributed by atoms with Gasteiger partial charge in [-0.05, 0) is 19.3 Å².